The first-order valence-corrected chi connectivity index (χ1v) is 13.9. The van der Waals surface area contributed by atoms with Gasteiger partial charge in [0.25, 0.3) is 0 Å². The summed E-state index contributed by atoms with van der Waals surface area (Å²) in [5.74, 6) is 5.17. The van der Waals surface area contributed by atoms with Crippen LogP contribution < -0.4 is 0 Å². The summed E-state index contributed by atoms with van der Waals surface area (Å²) in [5.41, 5.74) is 2.54. The summed E-state index contributed by atoms with van der Waals surface area (Å²) in [7, 11) is 0. The molecule has 3 saturated carbocycles. The number of fused-ring (bicyclic) bond motifs is 5. The van der Waals surface area contributed by atoms with Crippen LogP contribution in [0.15, 0.2) is 11.6 Å². The predicted molar refractivity (Wildman–Crippen MR) is 133 cm³/mol. The second kappa shape index (κ2) is 8.77. The van der Waals surface area contributed by atoms with Gasteiger partial charge in [-0.25, -0.2) is 0 Å². The largest absolute Gasteiger partial charge is 0.460 e. The zero-order chi connectivity index (χ0) is 23.3. The topological polar surface area (TPSA) is 26.3 Å². The van der Waals surface area contributed by atoms with Gasteiger partial charge in [-0.05, 0) is 124 Å². The minimum atomic E-state index is -0.329. The average molecular weight is 443 g/mol. The molecule has 0 saturated heterocycles. The van der Waals surface area contributed by atoms with Crippen molar-refractivity contribution in [3.8, 4) is 0 Å². The summed E-state index contributed by atoms with van der Waals surface area (Å²) >= 11 is 0. The van der Waals surface area contributed by atoms with E-state index in [2.05, 4.69) is 47.6 Å². The van der Waals surface area contributed by atoms with E-state index in [9.17, 15) is 4.79 Å². The van der Waals surface area contributed by atoms with Gasteiger partial charge in [0.2, 0.25) is 0 Å². The number of ether oxygens (including phenoxy) is 1. The van der Waals surface area contributed by atoms with E-state index in [0.717, 1.165) is 48.3 Å². The minimum absolute atomic E-state index is 0.156. The predicted octanol–water partition coefficient (Wildman–Crippen LogP) is 8.35. The molecule has 0 amide bonds. The normalized spacial score (nSPS) is 42.3. The van der Waals surface area contributed by atoms with Gasteiger partial charge in [-0.15, -0.1) is 0 Å². The Morgan fingerprint density at radius 1 is 1.16 bits per heavy atom. The van der Waals surface area contributed by atoms with Gasteiger partial charge in [0.1, 0.15) is 5.60 Å². The zero-order valence-electron chi connectivity index (χ0n) is 22.1. The van der Waals surface area contributed by atoms with Crippen molar-refractivity contribution in [3.63, 3.8) is 0 Å². The Labute approximate surface area is 198 Å². The lowest BCUT2D eigenvalue weighted by atomic mass is 9.46. The first kappa shape index (κ1) is 24.3. The molecule has 0 aromatic heterocycles. The van der Waals surface area contributed by atoms with Gasteiger partial charge in [0, 0.05) is 6.92 Å². The summed E-state index contributed by atoms with van der Waals surface area (Å²) in [6.07, 6.45) is 17.5. The third-order valence-electron chi connectivity index (χ3n) is 11.0. The zero-order valence-corrected chi connectivity index (χ0v) is 22.1. The van der Waals surface area contributed by atoms with Crippen molar-refractivity contribution in [2.45, 2.75) is 125 Å². The Kier molecular flexibility index (Phi) is 6.67. The molecule has 0 aromatic rings. The van der Waals surface area contributed by atoms with E-state index in [0.29, 0.717) is 10.8 Å². The van der Waals surface area contributed by atoms with Crippen LogP contribution in [0.3, 0.4) is 0 Å². The molecule has 0 spiro atoms. The van der Waals surface area contributed by atoms with E-state index >= 15 is 0 Å². The molecule has 0 heterocycles. The molecule has 4 aliphatic carbocycles. The number of allylic oxidation sites excluding steroid dienone is 2. The molecule has 3 unspecified atom stereocenters. The molecule has 0 bridgehead atoms. The molecule has 32 heavy (non-hydrogen) atoms. The number of esters is 1. The van der Waals surface area contributed by atoms with E-state index < -0.39 is 0 Å². The standard InChI is InChI=1S/C30H50O2/c1-20-14-17-29(6)23(19-20)10-11-24-26-13-12-25(30(26,7)18-15-27(24)29)21(2)9-8-16-28(4,5)32-22(3)31/h10,20-21,24-27H,8-9,11-19H2,1-7H3/t20-,21+,24?,25+,26?,27?,29-,30+/m0/s1. The second-order valence-corrected chi connectivity index (χ2v) is 13.6. The Morgan fingerprint density at radius 2 is 1.91 bits per heavy atom. The Hall–Kier alpha value is -0.790. The Balaban J connectivity index is 1.41. The highest BCUT2D eigenvalue weighted by atomic mass is 16.6. The Morgan fingerprint density at radius 3 is 2.62 bits per heavy atom. The monoisotopic (exact) mass is 442 g/mol. The van der Waals surface area contributed by atoms with Crippen molar-refractivity contribution < 1.29 is 9.53 Å². The van der Waals surface area contributed by atoms with Gasteiger partial charge in [-0.3, -0.25) is 4.79 Å². The van der Waals surface area contributed by atoms with Crippen molar-refractivity contribution in [2.75, 3.05) is 0 Å². The molecule has 4 aliphatic rings. The maximum absolute atomic E-state index is 11.4. The lowest BCUT2D eigenvalue weighted by Gasteiger charge is -2.58. The van der Waals surface area contributed by atoms with E-state index in [-0.39, 0.29) is 11.6 Å². The summed E-state index contributed by atoms with van der Waals surface area (Å²) in [5, 5.41) is 0. The number of carbonyl (C=O) groups excluding carboxylic acids is 1. The summed E-state index contributed by atoms with van der Waals surface area (Å²) in [4.78, 5) is 11.4. The van der Waals surface area contributed by atoms with E-state index in [1.165, 1.54) is 64.7 Å². The second-order valence-electron chi connectivity index (χ2n) is 13.6. The third kappa shape index (κ3) is 4.34. The van der Waals surface area contributed by atoms with Gasteiger partial charge < -0.3 is 4.74 Å². The van der Waals surface area contributed by atoms with Crippen molar-refractivity contribution in [2.24, 2.45) is 46.3 Å². The molecule has 4 rings (SSSR count). The van der Waals surface area contributed by atoms with Crippen LogP contribution in [0.4, 0.5) is 0 Å². The maximum Gasteiger partial charge on any atom is 0.303 e. The van der Waals surface area contributed by atoms with Crippen molar-refractivity contribution in [1.29, 1.82) is 0 Å². The van der Waals surface area contributed by atoms with Crippen LogP contribution >= 0.6 is 0 Å². The van der Waals surface area contributed by atoms with Crippen LogP contribution in [0.5, 0.6) is 0 Å². The molecule has 0 N–H and O–H groups in total. The summed E-state index contributed by atoms with van der Waals surface area (Å²) < 4.78 is 5.52. The quantitative estimate of drug-likeness (QED) is 0.305. The van der Waals surface area contributed by atoms with Crippen LogP contribution in [0.2, 0.25) is 0 Å². The van der Waals surface area contributed by atoms with Crippen LogP contribution in [-0.4, -0.2) is 11.6 Å². The SMILES string of the molecule is CC(=O)OC(C)(C)CCC[C@@H](C)[C@H]1CCC2C3CC=C4C[C@@H](C)CC[C@]4(C)C3CC[C@@]21C. The average Bonchev–Trinajstić information content (AvgIpc) is 3.04. The van der Waals surface area contributed by atoms with Gasteiger partial charge >= 0.3 is 5.97 Å². The molecule has 182 valence electrons. The lowest BCUT2D eigenvalue weighted by molar-refractivity contribution is -0.154. The fraction of sp³-hybridized carbons (Fsp3) is 0.900. The molecule has 2 heteroatoms. The van der Waals surface area contributed by atoms with E-state index in [4.69, 9.17) is 4.74 Å². The number of rotatable bonds is 6. The highest BCUT2D eigenvalue weighted by molar-refractivity contribution is 5.66. The van der Waals surface area contributed by atoms with Gasteiger partial charge in [0.05, 0.1) is 0 Å². The van der Waals surface area contributed by atoms with Gasteiger partial charge in [-0.1, -0.05) is 45.8 Å². The minimum Gasteiger partial charge on any atom is -0.460 e. The number of hydrogen-bond acceptors (Lipinski definition) is 2. The smallest absolute Gasteiger partial charge is 0.303 e. The van der Waals surface area contributed by atoms with Gasteiger partial charge in [-0.2, -0.15) is 0 Å². The molecule has 8 atom stereocenters. The molecule has 2 nitrogen and oxygen atoms in total. The maximum atomic E-state index is 11.4. The van der Waals surface area contributed by atoms with E-state index in [1.54, 1.807) is 0 Å². The lowest BCUT2D eigenvalue weighted by Crippen LogP contribution is -2.50. The molecule has 0 aromatic carbocycles. The number of hydrogen-bond donors (Lipinski definition) is 0. The molecular formula is C30H50O2. The molecule has 0 radical (unpaired) electrons. The van der Waals surface area contributed by atoms with Crippen molar-refractivity contribution >= 4 is 5.97 Å². The van der Waals surface area contributed by atoms with Crippen LogP contribution in [0.25, 0.3) is 0 Å². The van der Waals surface area contributed by atoms with E-state index in [1.807, 2.05) is 5.57 Å². The third-order valence-corrected chi connectivity index (χ3v) is 11.0. The van der Waals surface area contributed by atoms with Crippen LogP contribution in [-0.2, 0) is 9.53 Å². The molecule has 0 aliphatic heterocycles. The summed E-state index contributed by atoms with van der Waals surface area (Å²) in [6.45, 7) is 15.9. The fourth-order valence-corrected chi connectivity index (χ4v) is 9.31. The molecule has 3 fully saturated rings. The van der Waals surface area contributed by atoms with Crippen molar-refractivity contribution in [1.82, 2.24) is 0 Å². The first-order chi connectivity index (χ1) is 15.0. The Bertz CT molecular complexity index is 735. The van der Waals surface area contributed by atoms with Crippen molar-refractivity contribution in [3.05, 3.63) is 11.6 Å². The van der Waals surface area contributed by atoms with Crippen LogP contribution in [0.1, 0.15) is 119 Å². The molecular weight excluding hydrogens is 392 g/mol. The highest BCUT2D eigenvalue weighted by Crippen LogP contribution is 2.67. The van der Waals surface area contributed by atoms with Crippen LogP contribution in [0, 0.1) is 46.3 Å². The van der Waals surface area contributed by atoms with Gasteiger partial charge in [0.15, 0.2) is 0 Å². The highest BCUT2D eigenvalue weighted by Gasteiger charge is 2.58. The summed E-state index contributed by atoms with van der Waals surface area (Å²) in [6, 6.07) is 0. The number of carbonyl (C=O) groups is 1. The fourth-order valence-electron chi connectivity index (χ4n) is 9.31. The first-order valence-electron chi connectivity index (χ1n) is 13.9.